The van der Waals surface area contributed by atoms with E-state index in [1.54, 1.807) is 6.92 Å². The van der Waals surface area contributed by atoms with Crippen molar-refractivity contribution < 1.29 is 13.9 Å². The van der Waals surface area contributed by atoms with E-state index in [9.17, 15) is 4.79 Å². The lowest BCUT2D eigenvalue weighted by Gasteiger charge is -2.41. The summed E-state index contributed by atoms with van der Waals surface area (Å²) < 4.78 is 11.6. The van der Waals surface area contributed by atoms with Crippen molar-refractivity contribution in [1.82, 2.24) is 15.1 Å². The monoisotopic (exact) mass is 319 g/mol. The van der Waals surface area contributed by atoms with Crippen molar-refractivity contribution in [3.05, 3.63) is 34.2 Å². The average Bonchev–Trinajstić information content (AvgIpc) is 3.26. The first-order valence-corrected chi connectivity index (χ1v) is 8.32. The quantitative estimate of drug-likeness (QED) is 0.847. The highest BCUT2D eigenvalue weighted by atomic mass is 32.1. The van der Waals surface area contributed by atoms with Gasteiger partial charge in [-0.3, -0.25) is 4.79 Å². The summed E-state index contributed by atoms with van der Waals surface area (Å²) >= 11 is 1.47. The number of amides is 1. The van der Waals surface area contributed by atoms with Gasteiger partial charge in [0.2, 0.25) is 11.8 Å². The van der Waals surface area contributed by atoms with Crippen LogP contribution in [0.2, 0.25) is 0 Å². The highest BCUT2D eigenvalue weighted by Gasteiger charge is 2.53. The molecule has 7 heteroatoms. The number of hydrogen-bond acceptors (Lipinski definition) is 6. The van der Waals surface area contributed by atoms with Crippen molar-refractivity contribution in [2.24, 2.45) is 0 Å². The molecule has 0 bridgehead atoms. The van der Waals surface area contributed by atoms with Crippen LogP contribution >= 0.6 is 11.3 Å². The number of rotatable bonds is 2. The molecule has 0 spiro atoms. The Labute approximate surface area is 132 Å². The minimum atomic E-state index is -0.355. The maximum absolute atomic E-state index is 12.7. The van der Waals surface area contributed by atoms with Crippen LogP contribution in [0.25, 0.3) is 0 Å². The van der Waals surface area contributed by atoms with Gasteiger partial charge in [0, 0.05) is 26.6 Å². The Morgan fingerprint density at radius 1 is 1.50 bits per heavy atom. The Kier molecular flexibility index (Phi) is 3.27. The van der Waals surface area contributed by atoms with Gasteiger partial charge in [-0.1, -0.05) is 6.07 Å². The van der Waals surface area contributed by atoms with Crippen LogP contribution < -0.4 is 0 Å². The Bertz CT molecular complexity index is 684. The van der Waals surface area contributed by atoms with Crippen LogP contribution in [0.4, 0.5) is 0 Å². The average molecular weight is 319 g/mol. The van der Waals surface area contributed by atoms with Gasteiger partial charge in [-0.25, -0.2) is 0 Å². The second-order valence-electron chi connectivity index (χ2n) is 5.88. The molecule has 0 aromatic carbocycles. The van der Waals surface area contributed by atoms with Crippen molar-refractivity contribution in [1.29, 1.82) is 0 Å². The van der Waals surface area contributed by atoms with Gasteiger partial charge in [0.05, 0.1) is 16.4 Å². The van der Waals surface area contributed by atoms with E-state index in [1.165, 1.54) is 11.3 Å². The summed E-state index contributed by atoms with van der Waals surface area (Å²) in [5.41, 5.74) is -0.355. The molecule has 22 heavy (non-hydrogen) atoms. The zero-order valence-electron chi connectivity index (χ0n) is 12.3. The molecule has 2 aliphatic heterocycles. The Morgan fingerprint density at radius 3 is 3.14 bits per heavy atom. The fraction of sp³-hybridized carbons (Fsp3) is 0.533. The van der Waals surface area contributed by atoms with E-state index < -0.39 is 0 Å². The molecule has 1 amide bonds. The summed E-state index contributed by atoms with van der Waals surface area (Å²) in [5, 5.41) is 10.1. The van der Waals surface area contributed by atoms with Gasteiger partial charge in [-0.2, -0.15) is 0 Å². The largest absolute Gasteiger partial charge is 0.425 e. The highest BCUT2D eigenvalue weighted by molar-refractivity contribution is 7.12. The first kappa shape index (κ1) is 13.9. The van der Waals surface area contributed by atoms with Crippen molar-refractivity contribution >= 4 is 17.2 Å². The van der Waals surface area contributed by atoms with E-state index in [-0.39, 0.29) is 17.4 Å². The number of aromatic nitrogens is 2. The lowest BCUT2D eigenvalue weighted by molar-refractivity contribution is 0.00987. The topological polar surface area (TPSA) is 68.5 Å². The van der Waals surface area contributed by atoms with Gasteiger partial charge < -0.3 is 14.1 Å². The van der Waals surface area contributed by atoms with Crippen molar-refractivity contribution in [3.63, 3.8) is 0 Å². The molecule has 2 aliphatic rings. The number of carbonyl (C=O) groups excluding carboxylic acids is 1. The third-order valence-electron chi connectivity index (χ3n) is 4.59. The molecule has 0 N–H and O–H groups in total. The van der Waals surface area contributed by atoms with Crippen molar-refractivity contribution in [2.75, 3.05) is 19.7 Å². The summed E-state index contributed by atoms with van der Waals surface area (Å²) in [6, 6.07) is 3.77. The number of likely N-dealkylation sites (tertiary alicyclic amines) is 1. The van der Waals surface area contributed by atoms with Gasteiger partial charge in [-0.05, 0) is 24.3 Å². The summed E-state index contributed by atoms with van der Waals surface area (Å²) in [6.07, 6.45) is 1.67. The summed E-state index contributed by atoms with van der Waals surface area (Å²) in [6.45, 7) is 3.74. The lowest BCUT2D eigenvalue weighted by atomic mass is 9.76. The van der Waals surface area contributed by atoms with Gasteiger partial charge in [0.1, 0.15) is 0 Å². The van der Waals surface area contributed by atoms with E-state index in [0.29, 0.717) is 31.5 Å². The van der Waals surface area contributed by atoms with Crippen LogP contribution in [0.1, 0.15) is 34.3 Å². The number of carbonyl (C=O) groups is 1. The number of nitrogens with zero attached hydrogens (tertiary/aromatic N) is 3. The number of thiophene rings is 1. The van der Waals surface area contributed by atoms with E-state index in [1.807, 2.05) is 22.4 Å². The Balaban J connectivity index is 1.65. The molecule has 0 aliphatic carbocycles. The lowest BCUT2D eigenvalue weighted by Crippen LogP contribution is -2.54. The third kappa shape index (κ3) is 2.07. The summed E-state index contributed by atoms with van der Waals surface area (Å²) in [4.78, 5) is 15.3. The van der Waals surface area contributed by atoms with E-state index in [4.69, 9.17) is 9.15 Å². The molecule has 2 aromatic rings. The molecule has 0 unspecified atom stereocenters. The summed E-state index contributed by atoms with van der Waals surface area (Å²) in [7, 11) is 0. The molecule has 4 heterocycles. The van der Waals surface area contributed by atoms with Gasteiger partial charge in [0.15, 0.2) is 0 Å². The fourth-order valence-electron chi connectivity index (χ4n) is 3.48. The SMILES string of the molecule is Cc1nnc([C@]23CCO[C@H]2CCN(C(=O)c2cccs2)C3)o1. The molecule has 2 saturated heterocycles. The van der Waals surface area contributed by atoms with Crippen molar-refractivity contribution in [2.45, 2.75) is 31.3 Å². The Morgan fingerprint density at radius 2 is 2.41 bits per heavy atom. The van der Waals surface area contributed by atoms with Crippen LogP contribution in [0.3, 0.4) is 0 Å². The van der Waals surface area contributed by atoms with Crippen LogP contribution in [-0.4, -0.2) is 46.8 Å². The first-order valence-electron chi connectivity index (χ1n) is 7.44. The number of fused-ring (bicyclic) bond motifs is 1. The second-order valence-corrected chi connectivity index (χ2v) is 6.83. The number of aryl methyl sites for hydroxylation is 1. The van der Waals surface area contributed by atoms with Gasteiger partial charge >= 0.3 is 0 Å². The molecule has 2 aromatic heterocycles. The number of hydrogen-bond donors (Lipinski definition) is 0. The van der Waals surface area contributed by atoms with E-state index in [0.717, 1.165) is 17.7 Å². The molecule has 4 rings (SSSR count). The minimum Gasteiger partial charge on any atom is -0.425 e. The van der Waals surface area contributed by atoms with Crippen LogP contribution in [0.5, 0.6) is 0 Å². The molecule has 6 nitrogen and oxygen atoms in total. The van der Waals surface area contributed by atoms with Crippen LogP contribution in [-0.2, 0) is 10.2 Å². The number of ether oxygens (including phenoxy) is 1. The zero-order chi connectivity index (χ0) is 15.2. The molecule has 0 radical (unpaired) electrons. The van der Waals surface area contributed by atoms with Crippen LogP contribution in [0, 0.1) is 6.92 Å². The molecular weight excluding hydrogens is 302 g/mol. The van der Waals surface area contributed by atoms with Gasteiger partial charge in [0.25, 0.3) is 5.91 Å². The molecule has 2 fully saturated rings. The van der Waals surface area contributed by atoms with E-state index >= 15 is 0 Å². The maximum atomic E-state index is 12.7. The van der Waals surface area contributed by atoms with E-state index in [2.05, 4.69) is 10.2 Å². The predicted octanol–water partition coefficient (Wildman–Crippen LogP) is 2.01. The number of piperidine rings is 1. The smallest absolute Gasteiger partial charge is 0.263 e. The first-order chi connectivity index (χ1) is 10.7. The Hall–Kier alpha value is -1.73. The molecule has 2 atom stereocenters. The predicted molar refractivity (Wildman–Crippen MR) is 79.9 cm³/mol. The fourth-order valence-corrected chi connectivity index (χ4v) is 4.17. The maximum Gasteiger partial charge on any atom is 0.263 e. The standard InChI is InChI=1S/C15H17N3O3S/c1-10-16-17-14(21-10)15-5-7-20-12(15)4-6-18(9-15)13(19)11-3-2-8-22-11/h2-3,8,12H,4-7,9H2,1H3/t12-,15-/m0/s1. The van der Waals surface area contributed by atoms with Gasteiger partial charge in [-0.15, -0.1) is 21.5 Å². The molecule has 116 valence electrons. The molecule has 0 saturated carbocycles. The second kappa shape index (κ2) is 5.17. The summed E-state index contributed by atoms with van der Waals surface area (Å²) in [5.74, 6) is 1.24. The van der Waals surface area contributed by atoms with Crippen LogP contribution in [0.15, 0.2) is 21.9 Å². The van der Waals surface area contributed by atoms with Crippen molar-refractivity contribution in [3.8, 4) is 0 Å². The highest BCUT2D eigenvalue weighted by Crippen LogP contribution is 2.43. The minimum absolute atomic E-state index is 0.0553. The third-order valence-corrected chi connectivity index (χ3v) is 5.45. The zero-order valence-corrected chi connectivity index (χ0v) is 13.1. The normalized spacial score (nSPS) is 27.9. The molecular formula is C15H17N3O3S.